The SMILES string of the molecule is [CH2]C=CCC=CCCCCCC[CH2]. The quantitative estimate of drug-likeness (QED) is 0.379. The summed E-state index contributed by atoms with van der Waals surface area (Å²) in [6.07, 6.45) is 17.0. The molecule has 0 atom stereocenters. The van der Waals surface area contributed by atoms with Crippen LogP contribution in [0.1, 0.15) is 44.9 Å². The molecule has 0 fully saturated rings. The van der Waals surface area contributed by atoms with Gasteiger partial charge >= 0.3 is 0 Å². The van der Waals surface area contributed by atoms with Gasteiger partial charge in [-0.25, -0.2) is 0 Å². The van der Waals surface area contributed by atoms with E-state index < -0.39 is 0 Å². The van der Waals surface area contributed by atoms with Crippen LogP contribution in [-0.2, 0) is 0 Å². The van der Waals surface area contributed by atoms with Crippen LogP contribution in [0.25, 0.3) is 0 Å². The molecule has 0 unspecified atom stereocenters. The van der Waals surface area contributed by atoms with E-state index in [1.807, 2.05) is 6.08 Å². The van der Waals surface area contributed by atoms with E-state index in [9.17, 15) is 0 Å². The molecular weight excluding hydrogens is 156 g/mol. The minimum Gasteiger partial charge on any atom is -0.0882 e. The van der Waals surface area contributed by atoms with Crippen LogP contribution >= 0.6 is 0 Å². The lowest BCUT2D eigenvalue weighted by atomic mass is 10.1. The van der Waals surface area contributed by atoms with Crippen LogP contribution in [0, 0.1) is 13.8 Å². The molecule has 74 valence electrons. The van der Waals surface area contributed by atoms with Gasteiger partial charge in [0.25, 0.3) is 0 Å². The maximum absolute atomic E-state index is 3.83. The summed E-state index contributed by atoms with van der Waals surface area (Å²) in [6, 6.07) is 0. The number of hydrogen-bond donors (Lipinski definition) is 0. The Morgan fingerprint density at radius 2 is 1.62 bits per heavy atom. The lowest BCUT2D eigenvalue weighted by Gasteiger charge is -1.95. The van der Waals surface area contributed by atoms with Crippen LogP contribution in [0.2, 0.25) is 0 Å². The molecule has 0 rings (SSSR count). The highest BCUT2D eigenvalue weighted by molar-refractivity contribution is 4.93. The minimum absolute atomic E-state index is 1.03. The Labute approximate surface area is 83.7 Å². The van der Waals surface area contributed by atoms with Crippen molar-refractivity contribution in [3.63, 3.8) is 0 Å². The predicted octanol–water partition coefficient (Wildman–Crippen LogP) is 4.50. The molecular formula is C13H22. The van der Waals surface area contributed by atoms with Gasteiger partial charge in [-0.2, -0.15) is 0 Å². The Kier molecular flexibility index (Phi) is 11.0. The van der Waals surface area contributed by atoms with Crippen molar-refractivity contribution in [2.24, 2.45) is 0 Å². The fraction of sp³-hybridized carbons (Fsp3) is 0.538. The third-order valence-electron chi connectivity index (χ3n) is 1.98. The summed E-state index contributed by atoms with van der Waals surface area (Å²) in [6.45, 7) is 7.46. The summed E-state index contributed by atoms with van der Waals surface area (Å²) < 4.78 is 0. The molecule has 0 aliphatic rings. The van der Waals surface area contributed by atoms with E-state index >= 15 is 0 Å². The lowest BCUT2D eigenvalue weighted by molar-refractivity contribution is 0.651. The fourth-order valence-electron chi connectivity index (χ4n) is 1.18. The summed E-state index contributed by atoms with van der Waals surface area (Å²) in [5.41, 5.74) is 0. The zero-order chi connectivity index (χ0) is 9.78. The van der Waals surface area contributed by atoms with Gasteiger partial charge in [-0.3, -0.25) is 0 Å². The van der Waals surface area contributed by atoms with Gasteiger partial charge in [-0.15, -0.1) is 0 Å². The first-order valence-corrected chi connectivity index (χ1v) is 5.30. The third kappa shape index (κ3) is 11.5. The van der Waals surface area contributed by atoms with E-state index in [-0.39, 0.29) is 0 Å². The number of unbranched alkanes of at least 4 members (excludes halogenated alkanes) is 5. The highest BCUT2D eigenvalue weighted by Gasteiger charge is 1.85. The number of allylic oxidation sites excluding steroid dienone is 4. The molecule has 0 aliphatic heterocycles. The van der Waals surface area contributed by atoms with Gasteiger partial charge in [0.05, 0.1) is 0 Å². The third-order valence-corrected chi connectivity index (χ3v) is 1.98. The summed E-state index contributed by atoms with van der Waals surface area (Å²) in [7, 11) is 0. The standard InChI is InChI=1S/C13H22/c1-3-5-7-9-11-13-12-10-8-6-4-2/h3,5,9,11H,1-2,4,6-8,10,12-13H2. The van der Waals surface area contributed by atoms with Gasteiger partial charge in [-0.05, 0) is 26.2 Å². The monoisotopic (exact) mass is 178 g/mol. The lowest BCUT2D eigenvalue weighted by Crippen LogP contribution is -1.75. The summed E-state index contributed by atoms with van der Waals surface area (Å²) in [5, 5.41) is 0. The number of rotatable bonds is 8. The Morgan fingerprint density at radius 1 is 0.846 bits per heavy atom. The largest absolute Gasteiger partial charge is 0.0882 e. The van der Waals surface area contributed by atoms with Crippen molar-refractivity contribution >= 4 is 0 Å². The van der Waals surface area contributed by atoms with Crippen molar-refractivity contribution in [1.82, 2.24) is 0 Å². The second kappa shape index (κ2) is 11.5. The maximum Gasteiger partial charge on any atom is -0.0169 e. The average Bonchev–Trinajstić information content (AvgIpc) is 2.16. The fourth-order valence-corrected chi connectivity index (χ4v) is 1.18. The summed E-state index contributed by atoms with van der Waals surface area (Å²) in [5.74, 6) is 0. The van der Waals surface area contributed by atoms with Crippen molar-refractivity contribution in [3.05, 3.63) is 38.2 Å². The number of hydrogen-bond acceptors (Lipinski definition) is 0. The molecule has 0 bridgehead atoms. The van der Waals surface area contributed by atoms with Gasteiger partial charge in [-0.1, -0.05) is 56.9 Å². The molecule has 0 aromatic carbocycles. The van der Waals surface area contributed by atoms with E-state index in [2.05, 4.69) is 32.1 Å². The van der Waals surface area contributed by atoms with Crippen LogP contribution in [0.3, 0.4) is 0 Å². The second-order valence-electron chi connectivity index (χ2n) is 3.23. The molecule has 0 saturated heterocycles. The Morgan fingerprint density at radius 3 is 2.31 bits per heavy atom. The molecule has 0 saturated carbocycles. The molecule has 0 heteroatoms. The van der Waals surface area contributed by atoms with Gasteiger partial charge < -0.3 is 0 Å². The molecule has 0 nitrogen and oxygen atoms in total. The van der Waals surface area contributed by atoms with Crippen molar-refractivity contribution in [2.75, 3.05) is 0 Å². The van der Waals surface area contributed by atoms with E-state index in [0.29, 0.717) is 0 Å². The van der Waals surface area contributed by atoms with Crippen molar-refractivity contribution in [1.29, 1.82) is 0 Å². The van der Waals surface area contributed by atoms with Gasteiger partial charge in [0.15, 0.2) is 0 Å². The van der Waals surface area contributed by atoms with E-state index in [4.69, 9.17) is 0 Å². The molecule has 13 heavy (non-hydrogen) atoms. The highest BCUT2D eigenvalue weighted by Crippen LogP contribution is 2.05. The first-order chi connectivity index (χ1) is 6.41. The normalized spacial score (nSPS) is 11.8. The molecule has 0 aromatic rings. The Bertz CT molecular complexity index is 131. The van der Waals surface area contributed by atoms with Crippen LogP contribution in [0.4, 0.5) is 0 Å². The van der Waals surface area contributed by atoms with Gasteiger partial charge in [0.2, 0.25) is 0 Å². The van der Waals surface area contributed by atoms with Crippen molar-refractivity contribution in [2.45, 2.75) is 44.9 Å². The van der Waals surface area contributed by atoms with Gasteiger partial charge in [0, 0.05) is 0 Å². The van der Waals surface area contributed by atoms with Gasteiger partial charge in [0.1, 0.15) is 0 Å². The molecule has 2 radical (unpaired) electrons. The minimum atomic E-state index is 1.03. The predicted molar refractivity (Wildman–Crippen MR) is 61.3 cm³/mol. The molecule has 0 spiro atoms. The van der Waals surface area contributed by atoms with Crippen LogP contribution < -0.4 is 0 Å². The van der Waals surface area contributed by atoms with Crippen LogP contribution in [-0.4, -0.2) is 0 Å². The molecule has 0 aromatic heterocycles. The van der Waals surface area contributed by atoms with E-state index in [0.717, 1.165) is 12.8 Å². The molecule has 0 heterocycles. The second-order valence-corrected chi connectivity index (χ2v) is 3.23. The molecule has 0 aliphatic carbocycles. The van der Waals surface area contributed by atoms with Crippen LogP contribution in [0.5, 0.6) is 0 Å². The first kappa shape index (κ1) is 12.5. The smallest absolute Gasteiger partial charge is 0.0169 e. The van der Waals surface area contributed by atoms with E-state index in [1.165, 1.54) is 32.1 Å². The van der Waals surface area contributed by atoms with Crippen molar-refractivity contribution < 1.29 is 0 Å². The zero-order valence-electron chi connectivity index (χ0n) is 8.67. The summed E-state index contributed by atoms with van der Waals surface area (Å²) in [4.78, 5) is 0. The highest BCUT2D eigenvalue weighted by atomic mass is 13.9. The van der Waals surface area contributed by atoms with Crippen molar-refractivity contribution in [3.8, 4) is 0 Å². The topological polar surface area (TPSA) is 0 Å². The molecule has 0 N–H and O–H groups in total. The first-order valence-electron chi connectivity index (χ1n) is 5.30. The summed E-state index contributed by atoms with van der Waals surface area (Å²) >= 11 is 0. The maximum atomic E-state index is 3.83. The van der Waals surface area contributed by atoms with E-state index in [1.54, 1.807) is 0 Å². The Hall–Kier alpha value is -0.520. The zero-order valence-corrected chi connectivity index (χ0v) is 8.67. The average molecular weight is 178 g/mol. The Balaban J connectivity index is 3.02. The molecule has 0 amide bonds. The van der Waals surface area contributed by atoms with Crippen LogP contribution in [0.15, 0.2) is 24.3 Å².